The van der Waals surface area contributed by atoms with Crippen molar-refractivity contribution < 1.29 is 15.8 Å². The molecular formula is C21H24N4O3. The minimum absolute atomic E-state index is 0. The topological polar surface area (TPSA) is 96.2 Å². The summed E-state index contributed by atoms with van der Waals surface area (Å²) >= 11 is 0. The SMILES string of the molecule is CNC(=O)c1ccc2c(c1)c(C=N)c(C(=O)NCc1cccc(OC)c1)n2C.[HH]. The number of nitrogens with zero attached hydrogens (tertiary/aromatic N) is 1. The van der Waals surface area contributed by atoms with Crippen LogP contribution in [-0.4, -0.2) is 36.8 Å². The number of ether oxygens (including phenoxy) is 1. The summed E-state index contributed by atoms with van der Waals surface area (Å²) in [4.78, 5) is 24.8. The van der Waals surface area contributed by atoms with Crippen LogP contribution < -0.4 is 15.4 Å². The highest BCUT2D eigenvalue weighted by Crippen LogP contribution is 2.25. The van der Waals surface area contributed by atoms with Gasteiger partial charge in [-0.15, -0.1) is 0 Å². The molecule has 0 aliphatic rings. The Balaban J connectivity index is 0.00000300. The quantitative estimate of drug-likeness (QED) is 0.574. The third-order valence-electron chi connectivity index (χ3n) is 4.67. The summed E-state index contributed by atoms with van der Waals surface area (Å²) in [6, 6.07) is 12.6. The van der Waals surface area contributed by atoms with E-state index in [1.165, 1.54) is 0 Å². The summed E-state index contributed by atoms with van der Waals surface area (Å²) in [5, 5.41) is 14.0. The molecule has 7 heteroatoms. The van der Waals surface area contributed by atoms with Crippen molar-refractivity contribution in [3.05, 3.63) is 64.8 Å². The molecule has 0 spiro atoms. The van der Waals surface area contributed by atoms with Gasteiger partial charge in [-0.1, -0.05) is 12.1 Å². The number of benzene rings is 2. The summed E-state index contributed by atoms with van der Waals surface area (Å²) in [5.74, 6) is 0.213. The lowest BCUT2D eigenvalue weighted by Gasteiger charge is -2.09. The van der Waals surface area contributed by atoms with E-state index >= 15 is 0 Å². The van der Waals surface area contributed by atoms with Crippen LogP contribution in [0.5, 0.6) is 5.75 Å². The molecule has 0 bridgehead atoms. The van der Waals surface area contributed by atoms with Crippen LogP contribution in [0.4, 0.5) is 0 Å². The first-order chi connectivity index (χ1) is 13.5. The third kappa shape index (κ3) is 3.46. The molecule has 3 N–H and O–H groups in total. The fourth-order valence-electron chi connectivity index (χ4n) is 3.23. The number of hydrogen-bond acceptors (Lipinski definition) is 4. The highest BCUT2D eigenvalue weighted by Gasteiger charge is 2.20. The summed E-state index contributed by atoms with van der Waals surface area (Å²) < 4.78 is 6.94. The molecule has 146 valence electrons. The van der Waals surface area contributed by atoms with Gasteiger partial charge in [0.15, 0.2) is 0 Å². The molecule has 2 aromatic carbocycles. The molecule has 1 aromatic heterocycles. The normalized spacial score (nSPS) is 10.5. The van der Waals surface area contributed by atoms with Gasteiger partial charge in [-0.2, -0.15) is 0 Å². The Kier molecular flexibility index (Phi) is 5.44. The number of amides is 2. The first-order valence-electron chi connectivity index (χ1n) is 8.76. The Hall–Kier alpha value is -3.61. The summed E-state index contributed by atoms with van der Waals surface area (Å²) in [6.07, 6.45) is 1.15. The number of nitrogens with one attached hydrogen (secondary N) is 3. The van der Waals surface area contributed by atoms with Crippen molar-refractivity contribution in [2.24, 2.45) is 7.05 Å². The second-order valence-corrected chi connectivity index (χ2v) is 6.31. The van der Waals surface area contributed by atoms with Crippen LogP contribution in [0.15, 0.2) is 42.5 Å². The highest BCUT2D eigenvalue weighted by atomic mass is 16.5. The predicted molar refractivity (Wildman–Crippen MR) is 110 cm³/mol. The molecule has 1 heterocycles. The number of carbonyl (C=O) groups is 2. The second-order valence-electron chi connectivity index (χ2n) is 6.31. The number of carbonyl (C=O) groups excluding carboxylic acids is 2. The molecule has 0 atom stereocenters. The van der Waals surface area contributed by atoms with Crippen LogP contribution in [0.25, 0.3) is 10.9 Å². The zero-order valence-corrected chi connectivity index (χ0v) is 16.0. The average Bonchev–Trinajstić information content (AvgIpc) is 3.02. The number of aryl methyl sites for hydroxylation is 1. The lowest BCUT2D eigenvalue weighted by atomic mass is 10.1. The maximum Gasteiger partial charge on any atom is 0.268 e. The van der Waals surface area contributed by atoms with Crippen molar-refractivity contribution in [1.82, 2.24) is 15.2 Å². The van der Waals surface area contributed by atoms with Gasteiger partial charge in [-0.05, 0) is 35.9 Å². The van der Waals surface area contributed by atoms with Crippen molar-refractivity contribution in [1.29, 1.82) is 5.41 Å². The largest absolute Gasteiger partial charge is 0.497 e. The summed E-state index contributed by atoms with van der Waals surface area (Å²) in [7, 11) is 4.93. The smallest absolute Gasteiger partial charge is 0.268 e. The van der Waals surface area contributed by atoms with Crippen LogP contribution in [0.3, 0.4) is 0 Å². The van der Waals surface area contributed by atoms with E-state index in [1.54, 1.807) is 44.0 Å². The molecule has 7 nitrogen and oxygen atoms in total. The van der Waals surface area contributed by atoms with Crippen LogP contribution >= 0.6 is 0 Å². The zero-order chi connectivity index (χ0) is 20.3. The molecule has 2 amide bonds. The Bertz CT molecular complexity index is 1080. The van der Waals surface area contributed by atoms with Gasteiger partial charge >= 0.3 is 0 Å². The lowest BCUT2D eigenvalue weighted by molar-refractivity contribution is 0.0940. The first kappa shape index (κ1) is 19.2. The maximum absolute atomic E-state index is 12.9. The maximum atomic E-state index is 12.9. The van der Waals surface area contributed by atoms with Crippen molar-refractivity contribution in [3.63, 3.8) is 0 Å². The van der Waals surface area contributed by atoms with E-state index < -0.39 is 0 Å². The molecule has 0 aliphatic heterocycles. The molecule has 0 fully saturated rings. The fraction of sp³-hybridized carbons (Fsp3) is 0.190. The highest BCUT2D eigenvalue weighted by molar-refractivity contribution is 6.12. The Labute approximate surface area is 164 Å². The Morgan fingerprint density at radius 3 is 2.68 bits per heavy atom. The third-order valence-corrected chi connectivity index (χ3v) is 4.67. The molecule has 0 radical (unpaired) electrons. The number of hydrogen-bond donors (Lipinski definition) is 3. The molecule has 3 aromatic rings. The van der Waals surface area contributed by atoms with Gasteiger partial charge in [0.1, 0.15) is 11.4 Å². The Morgan fingerprint density at radius 1 is 1.21 bits per heavy atom. The van der Waals surface area contributed by atoms with E-state index in [2.05, 4.69) is 10.6 Å². The van der Waals surface area contributed by atoms with Gasteiger partial charge in [0.05, 0.1) is 7.11 Å². The van der Waals surface area contributed by atoms with Gasteiger partial charge in [0.2, 0.25) is 0 Å². The van der Waals surface area contributed by atoms with Gasteiger partial charge in [0.25, 0.3) is 11.8 Å². The van der Waals surface area contributed by atoms with E-state index in [1.807, 2.05) is 24.3 Å². The predicted octanol–water partition coefficient (Wildman–Crippen LogP) is 2.72. The summed E-state index contributed by atoms with van der Waals surface area (Å²) in [5.41, 5.74) is 3.02. The van der Waals surface area contributed by atoms with Crippen molar-refractivity contribution in [3.8, 4) is 5.75 Å². The van der Waals surface area contributed by atoms with Crippen molar-refractivity contribution >= 4 is 28.9 Å². The molecule has 0 aliphatic carbocycles. The minimum atomic E-state index is -0.290. The van der Waals surface area contributed by atoms with Gasteiger partial charge in [-0.25, -0.2) is 0 Å². The standard InChI is InChI=1S/C21H22N4O3.H2/c1-23-20(26)14-7-8-18-16(10-14)17(11-22)19(25(18)2)21(27)24-12-13-5-4-6-15(9-13)28-3;/h4-11,22H,12H2,1-3H3,(H,23,26)(H,24,27);1H. The van der Waals surface area contributed by atoms with Crippen LogP contribution in [0.2, 0.25) is 0 Å². The van der Waals surface area contributed by atoms with Crippen LogP contribution in [0, 0.1) is 5.41 Å². The number of aromatic nitrogens is 1. The average molecular weight is 380 g/mol. The second kappa shape index (κ2) is 7.96. The van der Waals surface area contributed by atoms with Crippen LogP contribution in [0.1, 0.15) is 33.4 Å². The molecular weight excluding hydrogens is 356 g/mol. The molecule has 0 saturated heterocycles. The lowest BCUT2D eigenvalue weighted by Crippen LogP contribution is -2.26. The van der Waals surface area contributed by atoms with Crippen molar-refractivity contribution in [2.45, 2.75) is 6.54 Å². The van der Waals surface area contributed by atoms with E-state index in [4.69, 9.17) is 10.1 Å². The molecule has 0 unspecified atom stereocenters. The van der Waals surface area contributed by atoms with E-state index in [-0.39, 0.29) is 13.2 Å². The number of fused-ring (bicyclic) bond motifs is 1. The Morgan fingerprint density at radius 2 is 2.00 bits per heavy atom. The number of methoxy groups -OCH3 is 1. The summed E-state index contributed by atoms with van der Waals surface area (Å²) in [6.45, 7) is 0.332. The van der Waals surface area contributed by atoms with E-state index in [0.717, 1.165) is 23.0 Å². The van der Waals surface area contributed by atoms with Gasteiger partial charge in [0, 0.05) is 50.3 Å². The monoisotopic (exact) mass is 380 g/mol. The molecule has 0 saturated carbocycles. The molecule has 3 rings (SSSR count). The molecule has 28 heavy (non-hydrogen) atoms. The number of rotatable bonds is 6. The van der Waals surface area contributed by atoms with E-state index in [0.29, 0.717) is 28.8 Å². The van der Waals surface area contributed by atoms with Crippen LogP contribution in [-0.2, 0) is 13.6 Å². The minimum Gasteiger partial charge on any atom is -0.497 e. The zero-order valence-electron chi connectivity index (χ0n) is 16.0. The van der Waals surface area contributed by atoms with Gasteiger partial charge < -0.3 is 25.3 Å². The van der Waals surface area contributed by atoms with E-state index in [9.17, 15) is 9.59 Å². The first-order valence-corrected chi connectivity index (χ1v) is 8.76. The van der Waals surface area contributed by atoms with Gasteiger partial charge in [-0.3, -0.25) is 9.59 Å². The fourth-order valence-corrected chi connectivity index (χ4v) is 3.23. The van der Waals surface area contributed by atoms with Crippen molar-refractivity contribution in [2.75, 3.05) is 14.2 Å².